The first-order valence-corrected chi connectivity index (χ1v) is 7.35. The molecule has 0 aliphatic heterocycles. The summed E-state index contributed by atoms with van der Waals surface area (Å²) in [4.78, 5) is 2.15. The van der Waals surface area contributed by atoms with E-state index in [9.17, 15) is 5.11 Å². The van der Waals surface area contributed by atoms with E-state index in [0.717, 1.165) is 39.0 Å². The van der Waals surface area contributed by atoms with Gasteiger partial charge in [-0.05, 0) is 40.0 Å². The van der Waals surface area contributed by atoms with Crippen LogP contribution in [0.15, 0.2) is 0 Å². The van der Waals surface area contributed by atoms with Gasteiger partial charge in [-0.25, -0.2) is 0 Å². The Bertz CT molecular complexity index is 180. The molecule has 2 N–H and O–H groups in total. The lowest BCUT2D eigenvalue weighted by Gasteiger charge is -2.13. The van der Waals surface area contributed by atoms with Gasteiger partial charge < -0.3 is 24.8 Å². The summed E-state index contributed by atoms with van der Waals surface area (Å²) in [6, 6.07) is 0. The first-order valence-electron chi connectivity index (χ1n) is 7.35. The maximum absolute atomic E-state index is 9.66. The number of nitrogens with zero attached hydrogens (tertiary/aromatic N) is 1. The Morgan fingerprint density at radius 3 is 2.53 bits per heavy atom. The number of rotatable bonds is 14. The van der Waals surface area contributed by atoms with Gasteiger partial charge in [-0.1, -0.05) is 13.3 Å². The third-order valence-corrected chi connectivity index (χ3v) is 2.66. The highest BCUT2D eigenvalue weighted by Gasteiger charge is 2.03. The van der Waals surface area contributed by atoms with Crippen molar-refractivity contribution in [2.75, 3.05) is 60.2 Å². The second-order valence-electron chi connectivity index (χ2n) is 5.06. The van der Waals surface area contributed by atoms with Crippen LogP contribution in [0.5, 0.6) is 0 Å². The summed E-state index contributed by atoms with van der Waals surface area (Å²) >= 11 is 0. The number of hydrogen-bond donors (Lipinski definition) is 2. The summed E-state index contributed by atoms with van der Waals surface area (Å²) < 4.78 is 10.7. The topological polar surface area (TPSA) is 54.0 Å². The van der Waals surface area contributed by atoms with E-state index in [1.165, 1.54) is 0 Å². The molecular weight excluding hydrogens is 244 g/mol. The highest BCUT2D eigenvalue weighted by molar-refractivity contribution is 4.59. The molecule has 0 bridgehead atoms. The molecule has 0 saturated carbocycles. The van der Waals surface area contributed by atoms with Gasteiger partial charge in [0.2, 0.25) is 0 Å². The summed E-state index contributed by atoms with van der Waals surface area (Å²) in [6.45, 7) is 7.06. The molecule has 0 aromatic carbocycles. The standard InChI is InChI=1S/C14H32N2O3/c1-4-5-9-18-10-11-19-13-14(17)12-15-7-6-8-16(2)3/h14-15,17H,4-13H2,1-3H3. The van der Waals surface area contributed by atoms with Gasteiger partial charge in [0.15, 0.2) is 0 Å². The number of nitrogens with one attached hydrogen (secondary N) is 1. The van der Waals surface area contributed by atoms with E-state index in [1.807, 2.05) is 0 Å². The van der Waals surface area contributed by atoms with Gasteiger partial charge in [0.05, 0.1) is 25.9 Å². The van der Waals surface area contributed by atoms with E-state index >= 15 is 0 Å². The predicted octanol–water partition coefficient (Wildman–Crippen LogP) is 0.722. The molecule has 1 unspecified atom stereocenters. The second kappa shape index (κ2) is 14.2. The minimum Gasteiger partial charge on any atom is -0.389 e. The molecule has 0 radical (unpaired) electrons. The fourth-order valence-electron chi connectivity index (χ4n) is 1.53. The minimum absolute atomic E-state index is 0.373. The van der Waals surface area contributed by atoms with Gasteiger partial charge >= 0.3 is 0 Å². The molecule has 0 amide bonds. The van der Waals surface area contributed by atoms with Gasteiger partial charge in [-0.3, -0.25) is 0 Å². The summed E-state index contributed by atoms with van der Waals surface area (Å²) in [5.74, 6) is 0. The zero-order valence-electron chi connectivity index (χ0n) is 12.9. The van der Waals surface area contributed by atoms with Crippen molar-refractivity contribution in [3.05, 3.63) is 0 Å². The maximum atomic E-state index is 9.66. The van der Waals surface area contributed by atoms with E-state index in [2.05, 4.69) is 31.2 Å². The van der Waals surface area contributed by atoms with E-state index in [-0.39, 0.29) is 0 Å². The van der Waals surface area contributed by atoms with Crippen molar-refractivity contribution in [1.29, 1.82) is 0 Å². The van der Waals surface area contributed by atoms with Crippen molar-refractivity contribution in [2.24, 2.45) is 0 Å². The van der Waals surface area contributed by atoms with Gasteiger partial charge in [0.1, 0.15) is 0 Å². The first-order chi connectivity index (χ1) is 9.16. The summed E-state index contributed by atoms with van der Waals surface area (Å²) in [6.07, 6.45) is 2.90. The number of aliphatic hydroxyl groups excluding tert-OH is 1. The Labute approximate surface area is 118 Å². The maximum Gasteiger partial charge on any atom is 0.0897 e. The van der Waals surface area contributed by atoms with E-state index in [4.69, 9.17) is 9.47 Å². The number of aliphatic hydroxyl groups is 1. The lowest BCUT2D eigenvalue weighted by Crippen LogP contribution is -2.32. The Balaban J connectivity index is 3.14. The molecular formula is C14H32N2O3. The van der Waals surface area contributed by atoms with Crippen molar-refractivity contribution >= 4 is 0 Å². The van der Waals surface area contributed by atoms with Crippen molar-refractivity contribution < 1.29 is 14.6 Å². The van der Waals surface area contributed by atoms with Crippen molar-refractivity contribution in [3.63, 3.8) is 0 Å². The molecule has 0 aromatic rings. The highest BCUT2D eigenvalue weighted by atomic mass is 16.5. The molecule has 0 aliphatic rings. The average molecular weight is 276 g/mol. The van der Waals surface area contributed by atoms with Gasteiger partial charge in [-0.2, -0.15) is 0 Å². The molecule has 0 aromatic heterocycles. The largest absolute Gasteiger partial charge is 0.389 e. The van der Waals surface area contributed by atoms with Gasteiger partial charge in [0.25, 0.3) is 0 Å². The van der Waals surface area contributed by atoms with E-state index in [1.54, 1.807) is 0 Å². The van der Waals surface area contributed by atoms with Crippen LogP contribution in [0.25, 0.3) is 0 Å². The number of unbranched alkanes of at least 4 members (excludes halogenated alkanes) is 1. The molecule has 0 aliphatic carbocycles. The molecule has 0 saturated heterocycles. The molecule has 1 atom stereocenters. The third kappa shape index (κ3) is 15.7. The molecule has 5 nitrogen and oxygen atoms in total. The monoisotopic (exact) mass is 276 g/mol. The molecule has 0 fully saturated rings. The van der Waals surface area contributed by atoms with Gasteiger partial charge in [0, 0.05) is 13.2 Å². The van der Waals surface area contributed by atoms with Crippen molar-refractivity contribution in [3.8, 4) is 0 Å². The van der Waals surface area contributed by atoms with Gasteiger partial charge in [-0.15, -0.1) is 0 Å². The van der Waals surface area contributed by atoms with Crippen LogP contribution in [0.3, 0.4) is 0 Å². The normalized spacial score (nSPS) is 13.1. The molecule has 0 rings (SSSR count). The van der Waals surface area contributed by atoms with Crippen LogP contribution in [-0.2, 0) is 9.47 Å². The Morgan fingerprint density at radius 2 is 1.84 bits per heavy atom. The van der Waals surface area contributed by atoms with E-state index < -0.39 is 6.10 Å². The Morgan fingerprint density at radius 1 is 1.11 bits per heavy atom. The lowest BCUT2D eigenvalue weighted by molar-refractivity contribution is 0.00395. The fourth-order valence-corrected chi connectivity index (χ4v) is 1.53. The zero-order valence-corrected chi connectivity index (χ0v) is 12.9. The molecule has 0 spiro atoms. The van der Waals surface area contributed by atoms with E-state index in [0.29, 0.717) is 26.4 Å². The molecule has 0 heterocycles. The van der Waals surface area contributed by atoms with Crippen LogP contribution in [0.2, 0.25) is 0 Å². The Hall–Kier alpha value is -0.200. The second-order valence-corrected chi connectivity index (χ2v) is 5.06. The predicted molar refractivity (Wildman–Crippen MR) is 78.6 cm³/mol. The quantitative estimate of drug-likeness (QED) is 0.458. The van der Waals surface area contributed by atoms with Crippen LogP contribution in [0.4, 0.5) is 0 Å². The summed E-state index contributed by atoms with van der Waals surface area (Å²) in [5.41, 5.74) is 0. The van der Waals surface area contributed by atoms with Crippen LogP contribution in [-0.4, -0.2) is 76.3 Å². The third-order valence-electron chi connectivity index (χ3n) is 2.66. The SMILES string of the molecule is CCCCOCCOCC(O)CNCCCN(C)C. The molecule has 5 heteroatoms. The van der Waals surface area contributed by atoms with Crippen molar-refractivity contribution in [2.45, 2.75) is 32.3 Å². The first kappa shape index (κ1) is 18.8. The fraction of sp³-hybridized carbons (Fsp3) is 1.00. The number of ether oxygens (including phenoxy) is 2. The molecule has 19 heavy (non-hydrogen) atoms. The van der Waals surface area contributed by atoms with Crippen LogP contribution in [0, 0.1) is 0 Å². The minimum atomic E-state index is -0.435. The van der Waals surface area contributed by atoms with Crippen LogP contribution in [0.1, 0.15) is 26.2 Å². The highest BCUT2D eigenvalue weighted by Crippen LogP contribution is 1.89. The van der Waals surface area contributed by atoms with Crippen LogP contribution >= 0.6 is 0 Å². The zero-order chi connectivity index (χ0) is 14.3. The number of hydrogen-bond acceptors (Lipinski definition) is 5. The Kier molecular flexibility index (Phi) is 14.1. The smallest absolute Gasteiger partial charge is 0.0897 e. The summed E-state index contributed by atoms with van der Waals surface area (Å²) in [5, 5.41) is 12.9. The molecule has 116 valence electrons. The average Bonchev–Trinajstić information content (AvgIpc) is 2.37. The van der Waals surface area contributed by atoms with Crippen LogP contribution < -0.4 is 5.32 Å². The lowest BCUT2D eigenvalue weighted by atomic mass is 10.3. The summed E-state index contributed by atoms with van der Waals surface area (Å²) in [7, 11) is 4.12. The van der Waals surface area contributed by atoms with Crippen molar-refractivity contribution in [1.82, 2.24) is 10.2 Å².